The number of carbonyl (C=O) groups excluding carboxylic acids is 2. The summed E-state index contributed by atoms with van der Waals surface area (Å²) in [5.41, 5.74) is 0. The van der Waals surface area contributed by atoms with Crippen LogP contribution in [0.15, 0.2) is 0 Å². The smallest absolute Gasteiger partial charge is 0.326 e. The number of aliphatic hydroxyl groups excluding tert-OH is 1. The lowest BCUT2D eigenvalue weighted by Gasteiger charge is -2.30. The van der Waals surface area contributed by atoms with Crippen LogP contribution in [0.4, 0.5) is 4.79 Å². The number of piperidine rings is 1. The third-order valence-corrected chi connectivity index (χ3v) is 2.98. The largest absolute Gasteiger partial charge is 0.480 e. The lowest BCUT2D eigenvalue weighted by atomic mass is 10.1. The first-order valence-electron chi connectivity index (χ1n) is 6.08. The van der Waals surface area contributed by atoms with Crippen LogP contribution in [0.3, 0.4) is 0 Å². The van der Waals surface area contributed by atoms with Crippen molar-refractivity contribution in [3.05, 3.63) is 0 Å². The van der Waals surface area contributed by atoms with E-state index in [1.54, 1.807) is 7.05 Å². The van der Waals surface area contributed by atoms with Crippen molar-refractivity contribution in [3.63, 3.8) is 0 Å². The van der Waals surface area contributed by atoms with Crippen LogP contribution in [0.5, 0.6) is 0 Å². The highest BCUT2D eigenvalue weighted by Crippen LogP contribution is 2.09. The van der Waals surface area contributed by atoms with Crippen molar-refractivity contribution in [2.45, 2.75) is 31.3 Å². The van der Waals surface area contributed by atoms with E-state index in [0.717, 1.165) is 0 Å². The van der Waals surface area contributed by atoms with Gasteiger partial charge in [0.15, 0.2) is 0 Å². The standard InChI is InChI=1S/C11H19N3O5/c1-14-6-7(2-3-9(14)16)12-11(19)13-8(4-5-15)10(17)18/h7-8,15H,2-6H2,1H3,(H,17,18)(H2,12,13,19)/t7?,8-/m1/s1. The molecular formula is C11H19N3O5. The number of nitrogens with one attached hydrogen (secondary N) is 2. The summed E-state index contributed by atoms with van der Waals surface area (Å²) < 4.78 is 0. The highest BCUT2D eigenvalue weighted by atomic mass is 16.4. The monoisotopic (exact) mass is 273 g/mol. The van der Waals surface area contributed by atoms with Gasteiger partial charge in [-0.2, -0.15) is 0 Å². The molecule has 1 unspecified atom stereocenters. The molecule has 2 atom stereocenters. The normalized spacial score (nSPS) is 20.8. The summed E-state index contributed by atoms with van der Waals surface area (Å²) in [6.07, 6.45) is 0.848. The second kappa shape index (κ2) is 6.93. The number of aliphatic carboxylic acids is 1. The molecule has 0 aromatic heterocycles. The third-order valence-electron chi connectivity index (χ3n) is 2.98. The van der Waals surface area contributed by atoms with Crippen molar-refractivity contribution in [1.29, 1.82) is 0 Å². The molecule has 19 heavy (non-hydrogen) atoms. The lowest BCUT2D eigenvalue weighted by molar-refractivity contribution is -0.139. The maximum absolute atomic E-state index is 11.6. The molecular weight excluding hydrogens is 254 g/mol. The number of likely N-dealkylation sites (tertiary alicyclic amines) is 1. The molecule has 0 aromatic rings. The average molecular weight is 273 g/mol. The molecule has 1 saturated heterocycles. The summed E-state index contributed by atoms with van der Waals surface area (Å²) in [7, 11) is 1.65. The lowest BCUT2D eigenvalue weighted by Crippen LogP contribution is -2.54. The van der Waals surface area contributed by atoms with Crippen LogP contribution in [-0.2, 0) is 9.59 Å². The fourth-order valence-electron chi connectivity index (χ4n) is 1.90. The molecule has 1 heterocycles. The highest BCUT2D eigenvalue weighted by molar-refractivity contribution is 5.83. The summed E-state index contributed by atoms with van der Waals surface area (Å²) in [6.45, 7) is 0.0852. The molecule has 8 nitrogen and oxygen atoms in total. The Morgan fingerprint density at radius 1 is 1.53 bits per heavy atom. The summed E-state index contributed by atoms with van der Waals surface area (Å²) in [6, 6.07) is -1.91. The van der Waals surface area contributed by atoms with Crippen LogP contribution < -0.4 is 10.6 Å². The van der Waals surface area contributed by atoms with Gasteiger partial charge in [-0.15, -0.1) is 0 Å². The zero-order chi connectivity index (χ0) is 14.4. The zero-order valence-electron chi connectivity index (χ0n) is 10.8. The van der Waals surface area contributed by atoms with E-state index in [1.165, 1.54) is 4.90 Å². The predicted octanol–water partition coefficient (Wildman–Crippen LogP) is -1.26. The van der Waals surface area contributed by atoms with Gasteiger partial charge in [-0.05, 0) is 6.42 Å². The zero-order valence-corrected chi connectivity index (χ0v) is 10.8. The van der Waals surface area contributed by atoms with Crippen molar-refractivity contribution in [2.24, 2.45) is 0 Å². The number of carbonyl (C=O) groups is 3. The summed E-state index contributed by atoms with van der Waals surface area (Å²) >= 11 is 0. The van der Waals surface area contributed by atoms with Crippen molar-refractivity contribution in [2.75, 3.05) is 20.2 Å². The minimum Gasteiger partial charge on any atom is -0.480 e. The van der Waals surface area contributed by atoms with E-state index in [1.807, 2.05) is 0 Å². The van der Waals surface area contributed by atoms with Crippen LogP contribution in [0.2, 0.25) is 0 Å². The molecule has 1 rings (SSSR count). The first-order chi connectivity index (χ1) is 8.93. The molecule has 0 bridgehead atoms. The van der Waals surface area contributed by atoms with Gasteiger partial charge in [0.25, 0.3) is 0 Å². The highest BCUT2D eigenvalue weighted by Gasteiger charge is 2.25. The Morgan fingerprint density at radius 2 is 2.21 bits per heavy atom. The van der Waals surface area contributed by atoms with Gasteiger partial charge in [0.05, 0.1) is 0 Å². The number of hydrogen-bond donors (Lipinski definition) is 4. The number of likely N-dealkylation sites (N-methyl/N-ethyl adjacent to an activating group) is 1. The summed E-state index contributed by atoms with van der Waals surface area (Å²) in [5.74, 6) is -1.16. The molecule has 0 radical (unpaired) electrons. The molecule has 108 valence electrons. The number of carboxylic acid groups (broad SMARTS) is 1. The number of hydrogen-bond acceptors (Lipinski definition) is 4. The number of amides is 3. The number of nitrogens with zero attached hydrogens (tertiary/aromatic N) is 1. The Balaban J connectivity index is 2.42. The van der Waals surface area contributed by atoms with Gasteiger partial charge >= 0.3 is 12.0 Å². The average Bonchev–Trinajstić information content (AvgIpc) is 2.33. The second-order valence-corrected chi connectivity index (χ2v) is 4.53. The molecule has 0 aliphatic carbocycles. The molecule has 0 aromatic carbocycles. The molecule has 4 N–H and O–H groups in total. The Kier molecular flexibility index (Phi) is 5.56. The minimum absolute atomic E-state index is 0.0298. The maximum Gasteiger partial charge on any atom is 0.326 e. The Hall–Kier alpha value is -1.83. The quantitative estimate of drug-likeness (QED) is 0.498. The minimum atomic E-state index is -1.19. The molecule has 3 amide bonds. The first-order valence-corrected chi connectivity index (χ1v) is 6.08. The van der Waals surface area contributed by atoms with Gasteiger partial charge in [0, 0.05) is 39.1 Å². The summed E-state index contributed by atoms with van der Waals surface area (Å²) in [4.78, 5) is 35.2. The maximum atomic E-state index is 11.6. The van der Waals surface area contributed by atoms with Gasteiger partial charge in [0.2, 0.25) is 5.91 Å². The Labute approximate surface area is 110 Å². The van der Waals surface area contributed by atoms with Gasteiger partial charge in [0.1, 0.15) is 6.04 Å². The van der Waals surface area contributed by atoms with E-state index in [0.29, 0.717) is 19.4 Å². The third kappa shape index (κ3) is 4.74. The van der Waals surface area contributed by atoms with E-state index in [4.69, 9.17) is 10.2 Å². The van der Waals surface area contributed by atoms with Gasteiger partial charge in [-0.3, -0.25) is 4.79 Å². The fraction of sp³-hybridized carbons (Fsp3) is 0.727. The van der Waals surface area contributed by atoms with Crippen LogP contribution in [0, 0.1) is 0 Å². The number of urea groups is 1. The van der Waals surface area contributed by atoms with Crippen LogP contribution in [0.25, 0.3) is 0 Å². The molecule has 8 heteroatoms. The number of rotatable bonds is 5. The predicted molar refractivity (Wildman–Crippen MR) is 65.5 cm³/mol. The molecule has 1 aliphatic heterocycles. The van der Waals surface area contributed by atoms with Crippen LogP contribution in [0.1, 0.15) is 19.3 Å². The van der Waals surface area contributed by atoms with Gasteiger partial charge in [-0.1, -0.05) is 0 Å². The van der Waals surface area contributed by atoms with Crippen molar-refractivity contribution >= 4 is 17.9 Å². The van der Waals surface area contributed by atoms with E-state index in [-0.39, 0.29) is 25.0 Å². The van der Waals surface area contributed by atoms with E-state index < -0.39 is 18.0 Å². The second-order valence-electron chi connectivity index (χ2n) is 4.53. The number of aliphatic hydroxyl groups is 1. The van der Waals surface area contributed by atoms with Crippen LogP contribution >= 0.6 is 0 Å². The summed E-state index contributed by atoms with van der Waals surface area (Å²) in [5, 5.41) is 22.4. The fourth-order valence-corrected chi connectivity index (χ4v) is 1.90. The Bertz CT molecular complexity index is 360. The van der Waals surface area contributed by atoms with E-state index in [9.17, 15) is 14.4 Å². The van der Waals surface area contributed by atoms with E-state index >= 15 is 0 Å². The first kappa shape index (κ1) is 15.2. The van der Waals surface area contributed by atoms with Crippen molar-refractivity contribution in [1.82, 2.24) is 15.5 Å². The SMILES string of the molecule is CN1CC(NC(=O)N[C@H](CCO)C(=O)O)CCC1=O. The molecule has 0 spiro atoms. The van der Waals surface area contributed by atoms with Crippen LogP contribution in [-0.4, -0.2) is 65.3 Å². The van der Waals surface area contributed by atoms with Gasteiger partial charge in [-0.25, -0.2) is 9.59 Å². The molecule has 0 saturated carbocycles. The topological polar surface area (TPSA) is 119 Å². The Morgan fingerprint density at radius 3 is 2.74 bits per heavy atom. The van der Waals surface area contributed by atoms with Gasteiger partial charge < -0.3 is 25.7 Å². The molecule has 1 fully saturated rings. The van der Waals surface area contributed by atoms with Crippen molar-refractivity contribution in [3.8, 4) is 0 Å². The molecule has 1 aliphatic rings. The number of carboxylic acids is 1. The van der Waals surface area contributed by atoms with Crippen molar-refractivity contribution < 1.29 is 24.6 Å². The van der Waals surface area contributed by atoms with E-state index in [2.05, 4.69) is 10.6 Å².